The van der Waals surface area contributed by atoms with Gasteiger partial charge in [-0.2, -0.15) is 6.42 Å². The molecule has 0 aliphatic carbocycles. The summed E-state index contributed by atoms with van der Waals surface area (Å²) in [5, 5.41) is 0. The maximum Gasteiger partial charge on any atom is 0.118 e. The van der Waals surface area contributed by atoms with Gasteiger partial charge < -0.3 is 18.6 Å². The summed E-state index contributed by atoms with van der Waals surface area (Å²) in [7, 11) is 0. The summed E-state index contributed by atoms with van der Waals surface area (Å²) in [5.41, 5.74) is 1.22. The molecule has 0 aromatic heterocycles. The number of rotatable bonds is 4. The summed E-state index contributed by atoms with van der Waals surface area (Å²) >= 11 is 0. The Balaban J connectivity index is 0. The van der Waals surface area contributed by atoms with Gasteiger partial charge in [-0.1, -0.05) is 24.6 Å². The maximum absolute atomic E-state index is 5.35. The fraction of sp³-hybridized carbons (Fsp3) is 0.273. The number of ether oxygens (including phenoxy) is 1. The third-order valence-corrected chi connectivity index (χ3v) is 1.68. The number of hydrogen-bond acceptors (Lipinski definition) is 1. The molecular weight excluding hydrogens is 421 g/mol. The standard InChI is InChI=1S/C11H14O.W.Y/c1-3-7-10-8-5-6-9-11(10)12-4-2;;/h5-6,8-9H,1-4,7H2;;/q-2;;. The first-order valence-electron chi connectivity index (χ1n) is 4.17. The molecule has 1 radical (unpaired) electrons. The third-order valence-electron chi connectivity index (χ3n) is 1.68. The molecule has 0 saturated heterocycles. The van der Waals surface area contributed by atoms with Crippen molar-refractivity contribution in [3.63, 3.8) is 0 Å². The molecule has 1 rings (SSSR count). The predicted molar refractivity (Wildman–Crippen MR) is 51.0 cm³/mol. The van der Waals surface area contributed by atoms with E-state index in [0.29, 0.717) is 6.61 Å². The second-order valence-corrected chi connectivity index (χ2v) is 2.56. The van der Waals surface area contributed by atoms with Crippen LogP contribution < -0.4 is 4.74 Å². The molecule has 0 atom stereocenters. The van der Waals surface area contributed by atoms with Crippen molar-refractivity contribution in [2.75, 3.05) is 6.61 Å². The van der Waals surface area contributed by atoms with E-state index in [1.54, 1.807) is 0 Å². The van der Waals surface area contributed by atoms with E-state index >= 15 is 0 Å². The molecule has 0 amide bonds. The fourth-order valence-corrected chi connectivity index (χ4v) is 1.15. The average molecular weight is 435 g/mol. The molecule has 0 bridgehead atoms. The molecule has 0 aliphatic heterocycles. The van der Waals surface area contributed by atoms with Crippen LogP contribution in [-0.2, 0) is 60.2 Å². The Morgan fingerprint density at radius 3 is 2.36 bits per heavy atom. The van der Waals surface area contributed by atoms with Crippen molar-refractivity contribution in [3.05, 3.63) is 43.7 Å². The first kappa shape index (κ1) is 17.2. The largest absolute Gasteiger partial charge is 0.525 e. The minimum Gasteiger partial charge on any atom is -0.525 e. The van der Waals surface area contributed by atoms with E-state index in [-0.39, 0.29) is 53.8 Å². The predicted octanol–water partition coefficient (Wildman–Crippen LogP) is 2.66. The van der Waals surface area contributed by atoms with E-state index in [1.807, 2.05) is 18.2 Å². The van der Waals surface area contributed by atoms with E-state index in [9.17, 15) is 0 Å². The van der Waals surface area contributed by atoms with E-state index in [4.69, 9.17) is 4.74 Å². The van der Waals surface area contributed by atoms with Gasteiger partial charge in [0.2, 0.25) is 0 Å². The topological polar surface area (TPSA) is 9.23 Å². The Bertz CT molecular complexity index is 215. The number of hydrogen-bond donors (Lipinski definition) is 0. The van der Waals surface area contributed by atoms with Crippen LogP contribution >= 0.6 is 0 Å². The molecule has 0 unspecified atom stereocenters. The van der Waals surface area contributed by atoms with E-state index < -0.39 is 0 Å². The van der Waals surface area contributed by atoms with Crippen LogP contribution in [0, 0.1) is 13.8 Å². The molecule has 0 fully saturated rings. The summed E-state index contributed by atoms with van der Waals surface area (Å²) < 4.78 is 5.35. The zero-order valence-corrected chi connectivity index (χ0v) is 14.0. The second kappa shape index (κ2) is 10.3. The van der Waals surface area contributed by atoms with Gasteiger partial charge in [-0.15, -0.1) is 0 Å². The van der Waals surface area contributed by atoms with Gasteiger partial charge in [-0.05, 0) is 18.2 Å². The Morgan fingerprint density at radius 1 is 1.14 bits per heavy atom. The van der Waals surface area contributed by atoms with Crippen LogP contribution in [0.4, 0.5) is 0 Å². The number of para-hydroxylation sites is 1. The molecule has 1 aromatic carbocycles. The molecule has 0 heterocycles. The normalized spacial score (nSPS) is 8.43. The zero-order valence-electron chi connectivity index (χ0n) is 8.24. The molecule has 1 aromatic rings. The minimum atomic E-state index is 0. The van der Waals surface area contributed by atoms with Crippen molar-refractivity contribution in [1.29, 1.82) is 0 Å². The summed E-state index contributed by atoms with van der Waals surface area (Å²) in [6.45, 7) is 7.94. The number of aryl methyl sites for hydroxylation is 1. The van der Waals surface area contributed by atoms with Crippen molar-refractivity contribution in [2.45, 2.75) is 12.8 Å². The van der Waals surface area contributed by atoms with Gasteiger partial charge >= 0.3 is 0 Å². The van der Waals surface area contributed by atoms with Crippen molar-refractivity contribution >= 4 is 0 Å². The maximum atomic E-state index is 5.35. The van der Waals surface area contributed by atoms with E-state index in [2.05, 4.69) is 19.9 Å². The second-order valence-electron chi connectivity index (χ2n) is 2.56. The molecule has 1 nitrogen and oxygen atoms in total. The molecular formula is C11H14OWY-2. The first-order chi connectivity index (χ1) is 5.88. The SMILES string of the molecule is [CH2-]CCc1ccccc1OC[CH2-].[W].[Y]. The van der Waals surface area contributed by atoms with Gasteiger partial charge in [0, 0.05) is 53.8 Å². The Hall–Kier alpha value is 0.812. The molecule has 0 N–H and O–H groups in total. The quantitative estimate of drug-likeness (QED) is 0.662. The van der Waals surface area contributed by atoms with Gasteiger partial charge in [-0.3, -0.25) is 0 Å². The van der Waals surface area contributed by atoms with Gasteiger partial charge in [0.15, 0.2) is 0 Å². The summed E-state index contributed by atoms with van der Waals surface area (Å²) in [6, 6.07) is 8.02. The van der Waals surface area contributed by atoms with Crippen LogP contribution in [0.5, 0.6) is 5.75 Å². The molecule has 75 valence electrons. The van der Waals surface area contributed by atoms with Gasteiger partial charge in [0.05, 0.1) is 0 Å². The van der Waals surface area contributed by atoms with Crippen LogP contribution in [0.2, 0.25) is 0 Å². The monoisotopic (exact) mass is 435 g/mol. The van der Waals surface area contributed by atoms with E-state index in [1.165, 1.54) is 5.56 Å². The zero-order chi connectivity index (χ0) is 8.81. The number of benzene rings is 1. The van der Waals surface area contributed by atoms with Gasteiger partial charge in [0.25, 0.3) is 0 Å². The van der Waals surface area contributed by atoms with Crippen LogP contribution in [0.1, 0.15) is 12.0 Å². The molecule has 3 heteroatoms. The van der Waals surface area contributed by atoms with Gasteiger partial charge in [-0.25, -0.2) is 0 Å². The van der Waals surface area contributed by atoms with Crippen molar-refractivity contribution < 1.29 is 58.5 Å². The van der Waals surface area contributed by atoms with Crippen molar-refractivity contribution in [3.8, 4) is 5.75 Å². The van der Waals surface area contributed by atoms with Crippen LogP contribution in [-0.4, -0.2) is 6.61 Å². The third kappa shape index (κ3) is 5.63. The smallest absolute Gasteiger partial charge is 0.118 e. The fourth-order valence-electron chi connectivity index (χ4n) is 1.15. The summed E-state index contributed by atoms with van der Waals surface area (Å²) in [5.74, 6) is 0.941. The van der Waals surface area contributed by atoms with Crippen LogP contribution in [0.3, 0.4) is 0 Å². The molecule has 0 aliphatic rings. The molecule has 0 spiro atoms. The van der Waals surface area contributed by atoms with Gasteiger partial charge in [0.1, 0.15) is 5.75 Å². The van der Waals surface area contributed by atoms with Crippen molar-refractivity contribution in [2.24, 2.45) is 0 Å². The molecule has 14 heavy (non-hydrogen) atoms. The first-order valence-corrected chi connectivity index (χ1v) is 4.17. The summed E-state index contributed by atoms with van der Waals surface area (Å²) in [4.78, 5) is 0. The van der Waals surface area contributed by atoms with Crippen LogP contribution in [0.25, 0.3) is 0 Å². The Labute approximate surface area is 126 Å². The summed E-state index contributed by atoms with van der Waals surface area (Å²) in [6.07, 6.45) is 1.87. The Kier molecular flexibility index (Phi) is 12.7. The Morgan fingerprint density at radius 2 is 1.79 bits per heavy atom. The molecule has 0 saturated carbocycles. The average Bonchev–Trinajstić information content (AvgIpc) is 2.09. The van der Waals surface area contributed by atoms with E-state index in [0.717, 1.165) is 18.6 Å². The van der Waals surface area contributed by atoms with Crippen LogP contribution in [0.15, 0.2) is 24.3 Å². The minimum absolute atomic E-state index is 0. The van der Waals surface area contributed by atoms with Crippen molar-refractivity contribution in [1.82, 2.24) is 0 Å².